The Balaban J connectivity index is 1.76. The largest absolute Gasteiger partial charge is 0.286 e. The van der Waals surface area contributed by atoms with Crippen molar-refractivity contribution in [3.05, 3.63) is 60.7 Å². The topological polar surface area (TPSA) is 68.1 Å². The van der Waals surface area contributed by atoms with Crippen LogP contribution >= 0.6 is 0 Å². The molecule has 0 saturated carbocycles. The van der Waals surface area contributed by atoms with E-state index < -0.39 is 11.8 Å². The lowest BCUT2D eigenvalue weighted by atomic mass is 10.3. The lowest BCUT2D eigenvalue weighted by molar-refractivity contribution is -0.119. The highest BCUT2D eigenvalue weighted by molar-refractivity contribution is 6.40. The fourth-order valence-corrected chi connectivity index (χ4v) is 2.39. The molecule has 0 atom stereocenters. The number of rotatable bonds is 2. The molecule has 106 valence electrons. The van der Waals surface area contributed by atoms with E-state index in [1.165, 1.54) is 10.9 Å². The fourth-order valence-electron chi connectivity index (χ4n) is 2.39. The van der Waals surface area contributed by atoms with Crippen molar-refractivity contribution in [2.24, 2.45) is 0 Å². The van der Waals surface area contributed by atoms with Gasteiger partial charge in [0.1, 0.15) is 11.0 Å². The molecular formula is C16H10N4O2. The quantitative estimate of drug-likeness (QED) is 0.675. The zero-order valence-corrected chi connectivity index (χ0v) is 11.4. The van der Waals surface area contributed by atoms with Crippen LogP contribution in [-0.4, -0.2) is 26.8 Å². The molecule has 0 N–H and O–H groups in total. The first kappa shape index (κ1) is 12.5. The minimum absolute atomic E-state index is 0.144. The summed E-state index contributed by atoms with van der Waals surface area (Å²) < 4.78 is 0. The van der Waals surface area contributed by atoms with Crippen LogP contribution in [-0.2, 0) is 9.59 Å². The van der Waals surface area contributed by atoms with Gasteiger partial charge in [0.2, 0.25) is 0 Å². The lowest BCUT2D eigenvalue weighted by Crippen LogP contribution is -2.31. The van der Waals surface area contributed by atoms with Crippen LogP contribution in [0.5, 0.6) is 0 Å². The summed E-state index contributed by atoms with van der Waals surface area (Å²) in [7, 11) is 0. The molecule has 6 heteroatoms. The van der Waals surface area contributed by atoms with E-state index in [1.54, 1.807) is 36.4 Å². The molecule has 0 fully saturated rings. The molecular weight excluding hydrogens is 280 g/mol. The SMILES string of the molecule is O=C1C=C(n2nc3ccccc3n2)C(=O)N1c1ccccc1. The van der Waals surface area contributed by atoms with Gasteiger partial charge < -0.3 is 0 Å². The maximum atomic E-state index is 12.5. The Kier molecular flexibility index (Phi) is 2.62. The van der Waals surface area contributed by atoms with Crippen LogP contribution in [0.3, 0.4) is 0 Å². The Morgan fingerprint density at radius 2 is 1.36 bits per heavy atom. The highest BCUT2D eigenvalue weighted by Crippen LogP contribution is 2.24. The monoisotopic (exact) mass is 290 g/mol. The van der Waals surface area contributed by atoms with Gasteiger partial charge in [-0.25, -0.2) is 4.90 Å². The Labute approximate surface area is 125 Å². The first-order valence-electron chi connectivity index (χ1n) is 6.72. The number of aromatic nitrogens is 3. The first-order chi connectivity index (χ1) is 10.7. The molecule has 1 aliphatic rings. The van der Waals surface area contributed by atoms with E-state index in [-0.39, 0.29) is 5.70 Å². The van der Waals surface area contributed by atoms with E-state index in [0.29, 0.717) is 16.7 Å². The summed E-state index contributed by atoms with van der Waals surface area (Å²) in [4.78, 5) is 27.0. The maximum Gasteiger partial charge on any atom is 0.286 e. The summed E-state index contributed by atoms with van der Waals surface area (Å²) in [6, 6.07) is 16.1. The van der Waals surface area contributed by atoms with E-state index >= 15 is 0 Å². The van der Waals surface area contributed by atoms with Gasteiger partial charge in [-0.05, 0) is 24.3 Å². The number of carbonyl (C=O) groups is 2. The van der Waals surface area contributed by atoms with E-state index in [9.17, 15) is 9.59 Å². The smallest absolute Gasteiger partial charge is 0.269 e. The van der Waals surface area contributed by atoms with Gasteiger partial charge in [0.05, 0.1) is 5.69 Å². The number of hydrogen-bond acceptors (Lipinski definition) is 4. The third kappa shape index (κ3) is 1.81. The van der Waals surface area contributed by atoms with Crippen molar-refractivity contribution >= 4 is 34.2 Å². The van der Waals surface area contributed by atoms with E-state index in [4.69, 9.17) is 0 Å². The van der Waals surface area contributed by atoms with Crippen molar-refractivity contribution in [2.75, 3.05) is 4.90 Å². The number of fused-ring (bicyclic) bond motifs is 1. The van der Waals surface area contributed by atoms with Crippen LogP contribution in [0.4, 0.5) is 5.69 Å². The van der Waals surface area contributed by atoms with Crippen LogP contribution in [0.15, 0.2) is 60.7 Å². The van der Waals surface area contributed by atoms with Crippen molar-refractivity contribution in [3.8, 4) is 0 Å². The zero-order valence-electron chi connectivity index (χ0n) is 11.4. The van der Waals surface area contributed by atoms with E-state index in [2.05, 4.69) is 10.2 Å². The molecule has 1 aromatic heterocycles. The van der Waals surface area contributed by atoms with Gasteiger partial charge in [0, 0.05) is 6.08 Å². The molecule has 3 aromatic rings. The second kappa shape index (κ2) is 4.63. The summed E-state index contributed by atoms with van der Waals surface area (Å²) >= 11 is 0. The number of hydrogen-bond donors (Lipinski definition) is 0. The predicted octanol–water partition coefficient (Wildman–Crippen LogP) is 1.85. The van der Waals surface area contributed by atoms with Crippen LogP contribution in [0, 0.1) is 0 Å². The molecule has 0 saturated heterocycles. The maximum absolute atomic E-state index is 12.5. The third-order valence-electron chi connectivity index (χ3n) is 3.42. The minimum Gasteiger partial charge on any atom is -0.269 e. The van der Waals surface area contributed by atoms with Crippen LogP contribution < -0.4 is 4.90 Å². The highest BCUT2D eigenvalue weighted by Gasteiger charge is 2.34. The second-order valence-electron chi connectivity index (χ2n) is 4.82. The summed E-state index contributed by atoms with van der Waals surface area (Å²) in [5.41, 5.74) is 2.01. The van der Waals surface area contributed by atoms with Crippen LogP contribution in [0.1, 0.15) is 0 Å². The van der Waals surface area contributed by atoms with Gasteiger partial charge in [0.25, 0.3) is 11.8 Å². The molecule has 0 aliphatic carbocycles. The number of carbonyl (C=O) groups excluding carboxylic acids is 2. The minimum atomic E-state index is -0.434. The normalized spacial score (nSPS) is 14.7. The molecule has 0 spiro atoms. The fraction of sp³-hybridized carbons (Fsp3) is 0. The highest BCUT2D eigenvalue weighted by atomic mass is 16.2. The average Bonchev–Trinajstić information content (AvgIpc) is 3.09. The second-order valence-corrected chi connectivity index (χ2v) is 4.82. The summed E-state index contributed by atoms with van der Waals surface area (Å²) in [6.45, 7) is 0. The zero-order chi connectivity index (χ0) is 15.1. The van der Waals surface area contributed by atoms with Crippen molar-refractivity contribution in [3.63, 3.8) is 0 Å². The molecule has 6 nitrogen and oxygen atoms in total. The van der Waals surface area contributed by atoms with Gasteiger partial charge in [-0.2, -0.15) is 0 Å². The Bertz CT molecular complexity index is 894. The number of imide groups is 1. The van der Waals surface area contributed by atoms with Gasteiger partial charge in [-0.1, -0.05) is 30.3 Å². The van der Waals surface area contributed by atoms with Gasteiger partial charge in [-0.3, -0.25) is 9.59 Å². The number of nitrogens with zero attached hydrogens (tertiary/aromatic N) is 4. The Hall–Kier alpha value is -3.28. The molecule has 0 unspecified atom stereocenters. The molecule has 1 aliphatic heterocycles. The lowest BCUT2D eigenvalue weighted by Gasteiger charge is -2.13. The molecule has 2 heterocycles. The number of para-hydroxylation sites is 1. The Morgan fingerprint density at radius 3 is 2.00 bits per heavy atom. The summed E-state index contributed by atoms with van der Waals surface area (Å²) in [6.07, 6.45) is 1.26. The third-order valence-corrected chi connectivity index (χ3v) is 3.42. The molecule has 0 radical (unpaired) electrons. The van der Waals surface area contributed by atoms with Crippen LogP contribution in [0.25, 0.3) is 16.7 Å². The molecule has 0 bridgehead atoms. The number of anilines is 1. The molecule has 2 amide bonds. The van der Waals surface area contributed by atoms with Crippen molar-refractivity contribution < 1.29 is 9.59 Å². The predicted molar refractivity (Wildman–Crippen MR) is 80.7 cm³/mol. The van der Waals surface area contributed by atoms with Crippen molar-refractivity contribution in [2.45, 2.75) is 0 Å². The molecule has 22 heavy (non-hydrogen) atoms. The van der Waals surface area contributed by atoms with Crippen molar-refractivity contribution in [1.29, 1.82) is 0 Å². The summed E-state index contributed by atoms with van der Waals surface area (Å²) in [5, 5.41) is 8.49. The van der Waals surface area contributed by atoms with E-state index in [1.807, 2.05) is 18.2 Å². The van der Waals surface area contributed by atoms with Gasteiger partial charge in [-0.15, -0.1) is 15.0 Å². The average molecular weight is 290 g/mol. The number of amides is 2. The van der Waals surface area contributed by atoms with Gasteiger partial charge in [0.15, 0.2) is 5.70 Å². The summed E-state index contributed by atoms with van der Waals surface area (Å²) in [5.74, 6) is -0.830. The Morgan fingerprint density at radius 1 is 0.773 bits per heavy atom. The first-order valence-corrected chi connectivity index (χ1v) is 6.72. The molecule has 2 aromatic carbocycles. The standard InChI is InChI=1S/C16H10N4O2/c21-15-10-14(16(22)19(15)11-6-2-1-3-7-11)20-17-12-8-4-5-9-13(12)18-20/h1-10H. The van der Waals surface area contributed by atoms with Gasteiger partial charge >= 0.3 is 0 Å². The van der Waals surface area contributed by atoms with E-state index in [0.717, 1.165) is 4.90 Å². The number of benzene rings is 2. The van der Waals surface area contributed by atoms with Crippen LogP contribution in [0.2, 0.25) is 0 Å². The molecule has 4 rings (SSSR count). The van der Waals surface area contributed by atoms with Crippen molar-refractivity contribution in [1.82, 2.24) is 15.0 Å².